The molecule has 1 atom stereocenters. The number of sulfonamides is 1. The molecule has 0 aromatic heterocycles. The molecular weight excluding hydrogens is 546 g/mol. The molecule has 0 heterocycles. The second-order valence-corrected chi connectivity index (χ2v) is 14.1. The fourth-order valence-electron chi connectivity index (χ4n) is 4.90. The first-order valence-electron chi connectivity index (χ1n) is 14.4. The lowest BCUT2D eigenvalue weighted by Crippen LogP contribution is -2.54. The quantitative estimate of drug-likeness (QED) is 0.292. The Balaban J connectivity index is 1.91. The Hall–Kier alpha value is -3.65. The van der Waals surface area contributed by atoms with E-state index in [1.807, 2.05) is 108 Å². The third-order valence-corrected chi connectivity index (χ3v) is 8.33. The maximum atomic E-state index is 14.0. The Morgan fingerprint density at radius 2 is 1.52 bits per heavy atom. The number of nitrogens with one attached hydrogen (secondary N) is 1. The zero-order valence-corrected chi connectivity index (χ0v) is 26.8. The molecule has 0 fully saturated rings. The summed E-state index contributed by atoms with van der Waals surface area (Å²) >= 11 is 0. The van der Waals surface area contributed by atoms with E-state index in [1.54, 1.807) is 11.0 Å². The summed E-state index contributed by atoms with van der Waals surface area (Å²) < 4.78 is 26.8. The van der Waals surface area contributed by atoms with E-state index in [0.29, 0.717) is 18.5 Å². The SMILES string of the molecule is Cc1cccc(CN(C(=O)CCCN(c2ccc(C)c(C)c2)S(C)(=O)=O)[C@H](Cc2ccccc2)C(=O)NC(C)(C)C)c1. The molecule has 0 unspecified atom stereocenters. The van der Waals surface area contributed by atoms with Crippen LogP contribution in [0, 0.1) is 20.8 Å². The maximum Gasteiger partial charge on any atom is 0.243 e. The average Bonchev–Trinajstić information content (AvgIpc) is 2.89. The van der Waals surface area contributed by atoms with Gasteiger partial charge in [0.05, 0.1) is 11.9 Å². The molecule has 3 rings (SSSR count). The van der Waals surface area contributed by atoms with Crippen LogP contribution in [0.5, 0.6) is 0 Å². The van der Waals surface area contributed by atoms with Crippen LogP contribution in [-0.4, -0.2) is 49.5 Å². The number of carbonyl (C=O) groups is 2. The average molecular weight is 592 g/mol. The second-order valence-electron chi connectivity index (χ2n) is 12.2. The highest BCUT2D eigenvalue weighted by atomic mass is 32.2. The molecular formula is C34H45N3O4S. The molecule has 2 amide bonds. The summed E-state index contributed by atoms with van der Waals surface area (Å²) in [5.74, 6) is -0.421. The van der Waals surface area contributed by atoms with Gasteiger partial charge in [-0.2, -0.15) is 0 Å². The summed E-state index contributed by atoms with van der Waals surface area (Å²) in [4.78, 5) is 29.4. The summed E-state index contributed by atoms with van der Waals surface area (Å²) in [6.45, 7) is 12.1. The van der Waals surface area contributed by atoms with Crippen molar-refractivity contribution in [2.75, 3.05) is 17.1 Å². The number of aryl methyl sites for hydroxylation is 3. The van der Waals surface area contributed by atoms with E-state index in [9.17, 15) is 18.0 Å². The van der Waals surface area contributed by atoms with E-state index in [1.165, 1.54) is 10.6 Å². The van der Waals surface area contributed by atoms with Crippen molar-refractivity contribution in [2.24, 2.45) is 0 Å². The summed E-state index contributed by atoms with van der Waals surface area (Å²) in [5.41, 5.74) is 5.12. The highest BCUT2D eigenvalue weighted by Crippen LogP contribution is 2.23. The molecule has 0 aliphatic rings. The Kier molecular flexibility index (Phi) is 11.0. The van der Waals surface area contributed by atoms with Crippen molar-refractivity contribution in [1.29, 1.82) is 0 Å². The van der Waals surface area contributed by atoms with Crippen LogP contribution in [0.4, 0.5) is 5.69 Å². The predicted octanol–water partition coefficient (Wildman–Crippen LogP) is 5.71. The van der Waals surface area contributed by atoms with Crippen molar-refractivity contribution < 1.29 is 18.0 Å². The lowest BCUT2D eigenvalue weighted by atomic mass is 10.00. The molecule has 0 aliphatic carbocycles. The van der Waals surface area contributed by atoms with Gasteiger partial charge in [0.25, 0.3) is 0 Å². The summed E-state index contributed by atoms with van der Waals surface area (Å²) in [7, 11) is -3.57. The van der Waals surface area contributed by atoms with Gasteiger partial charge >= 0.3 is 0 Å². The Morgan fingerprint density at radius 3 is 2.12 bits per heavy atom. The highest BCUT2D eigenvalue weighted by Gasteiger charge is 2.32. The van der Waals surface area contributed by atoms with Crippen LogP contribution in [0.3, 0.4) is 0 Å². The van der Waals surface area contributed by atoms with Crippen molar-refractivity contribution in [1.82, 2.24) is 10.2 Å². The van der Waals surface area contributed by atoms with Gasteiger partial charge in [-0.1, -0.05) is 66.2 Å². The lowest BCUT2D eigenvalue weighted by molar-refractivity contribution is -0.142. The van der Waals surface area contributed by atoms with Crippen molar-refractivity contribution in [2.45, 2.75) is 78.9 Å². The number of carbonyl (C=O) groups excluding carboxylic acids is 2. The Labute approximate surface area is 252 Å². The lowest BCUT2D eigenvalue weighted by Gasteiger charge is -2.34. The fourth-order valence-corrected chi connectivity index (χ4v) is 5.86. The first-order chi connectivity index (χ1) is 19.6. The van der Waals surface area contributed by atoms with Gasteiger partial charge in [-0.3, -0.25) is 13.9 Å². The van der Waals surface area contributed by atoms with Gasteiger partial charge in [-0.15, -0.1) is 0 Å². The standard InChI is InChI=1S/C34H45N3O4S/c1-25-13-11-16-29(21-25)24-36(31(33(39)35-34(4,5)6)23-28-14-9-8-10-15-28)32(38)17-12-20-37(42(7,40)41)30-19-18-26(2)27(3)22-30/h8-11,13-16,18-19,21-22,31H,12,17,20,23-24H2,1-7H3,(H,35,39)/t31-/m1/s1. The molecule has 0 radical (unpaired) electrons. The van der Waals surface area contributed by atoms with E-state index >= 15 is 0 Å². The largest absolute Gasteiger partial charge is 0.350 e. The van der Waals surface area contributed by atoms with E-state index < -0.39 is 21.6 Å². The van der Waals surface area contributed by atoms with Gasteiger partial charge < -0.3 is 10.2 Å². The summed E-state index contributed by atoms with van der Waals surface area (Å²) in [6, 6.07) is 22.4. The minimum absolute atomic E-state index is 0.0940. The van der Waals surface area contributed by atoms with Crippen molar-refractivity contribution in [3.63, 3.8) is 0 Å². The number of nitrogens with zero attached hydrogens (tertiary/aromatic N) is 2. The predicted molar refractivity (Wildman–Crippen MR) is 171 cm³/mol. The molecule has 0 saturated carbocycles. The van der Waals surface area contributed by atoms with Crippen LogP contribution in [0.15, 0.2) is 72.8 Å². The number of benzene rings is 3. The number of rotatable bonds is 12. The van der Waals surface area contributed by atoms with Gasteiger partial charge in [0.2, 0.25) is 21.8 Å². The first kappa shape index (κ1) is 32.9. The third kappa shape index (κ3) is 9.72. The number of hydrogen-bond acceptors (Lipinski definition) is 4. The molecule has 7 nitrogen and oxygen atoms in total. The van der Waals surface area contributed by atoms with E-state index in [4.69, 9.17) is 0 Å². The molecule has 42 heavy (non-hydrogen) atoms. The summed E-state index contributed by atoms with van der Waals surface area (Å²) in [5, 5.41) is 3.08. The van der Waals surface area contributed by atoms with Crippen molar-refractivity contribution in [3.05, 3.63) is 101 Å². The topological polar surface area (TPSA) is 86.8 Å². The minimum atomic E-state index is -3.57. The van der Waals surface area contributed by atoms with Gasteiger partial charge in [-0.25, -0.2) is 8.42 Å². The smallest absolute Gasteiger partial charge is 0.243 e. The molecule has 0 bridgehead atoms. The monoisotopic (exact) mass is 591 g/mol. The second kappa shape index (κ2) is 14.0. The molecule has 226 valence electrons. The maximum absolute atomic E-state index is 14.0. The zero-order valence-electron chi connectivity index (χ0n) is 26.0. The molecule has 1 N–H and O–H groups in total. The van der Waals surface area contributed by atoms with Crippen LogP contribution in [0.25, 0.3) is 0 Å². The van der Waals surface area contributed by atoms with E-state index in [2.05, 4.69) is 5.32 Å². The Bertz CT molecular complexity index is 1480. The molecule has 0 aliphatic heterocycles. The normalized spacial score (nSPS) is 12.5. The third-order valence-electron chi connectivity index (χ3n) is 7.14. The molecule has 0 spiro atoms. The molecule has 3 aromatic carbocycles. The first-order valence-corrected chi connectivity index (χ1v) is 16.2. The number of anilines is 1. The van der Waals surface area contributed by atoms with Crippen molar-refractivity contribution >= 4 is 27.5 Å². The van der Waals surface area contributed by atoms with Crippen molar-refractivity contribution in [3.8, 4) is 0 Å². The van der Waals surface area contributed by atoms with Crippen LogP contribution in [0.1, 0.15) is 61.4 Å². The highest BCUT2D eigenvalue weighted by molar-refractivity contribution is 7.92. The van der Waals surface area contributed by atoms with Crippen LogP contribution in [0.2, 0.25) is 0 Å². The van der Waals surface area contributed by atoms with Gasteiger partial charge in [0.1, 0.15) is 6.04 Å². The van der Waals surface area contributed by atoms with E-state index in [0.717, 1.165) is 27.8 Å². The molecule has 3 aromatic rings. The van der Waals surface area contributed by atoms with Crippen LogP contribution < -0.4 is 9.62 Å². The van der Waals surface area contributed by atoms with Gasteiger partial charge in [-0.05, 0) is 82.3 Å². The zero-order chi connectivity index (χ0) is 31.1. The molecule has 8 heteroatoms. The van der Waals surface area contributed by atoms with E-state index in [-0.39, 0.29) is 31.3 Å². The number of hydrogen-bond donors (Lipinski definition) is 1. The molecule has 0 saturated heterocycles. The fraction of sp³-hybridized carbons (Fsp3) is 0.412. The van der Waals surface area contributed by atoms with Crippen LogP contribution in [-0.2, 0) is 32.6 Å². The van der Waals surface area contributed by atoms with Gasteiger partial charge in [0.15, 0.2) is 0 Å². The summed E-state index contributed by atoms with van der Waals surface area (Å²) in [6.07, 6.45) is 1.94. The van der Waals surface area contributed by atoms with Gasteiger partial charge in [0, 0.05) is 31.5 Å². The Morgan fingerprint density at radius 1 is 0.857 bits per heavy atom. The minimum Gasteiger partial charge on any atom is -0.350 e. The van der Waals surface area contributed by atoms with Crippen LogP contribution >= 0.6 is 0 Å². The number of amides is 2.